The molecule has 0 aromatic carbocycles. The molecule has 1 aromatic heterocycles. The summed E-state index contributed by atoms with van der Waals surface area (Å²) in [5, 5.41) is 3.44. The van der Waals surface area contributed by atoms with Crippen molar-refractivity contribution >= 4 is 11.5 Å². The molecule has 3 nitrogen and oxygen atoms in total. The van der Waals surface area contributed by atoms with Crippen molar-refractivity contribution in [2.45, 2.75) is 32.6 Å². The third-order valence-electron chi connectivity index (χ3n) is 3.43. The lowest BCUT2D eigenvalue weighted by atomic mass is 9.82. The Morgan fingerprint density at radius 2 is 2.31 bits per heavy atom. The Morgan fingerprint density at radius 3 is 3.00 bits per heavy atom. The maximum absolute atomic E-state index is 5.54. The van der Waals surface area contributed by atoms with Crippen LogP contribution in [0.15, 0.2) is 18.3 Å². The smallest absolute Gasteiger partial charge is 0.123 e. The molecule has 0 bridgehead atoms. The van der Waals surface area contributed by atoms with E-state index in [1.165, 1.54) is 25.7 Å². The molecule has 1 aromatic rings. The Bertz CT molecular complexity index is 320. The van der Waals surface area contributed by atoms with Crippen molar-refractivity contribution in [2.75, 3.05) is 17.6 Å². The van der Waals surface area contributed by atoms with Gasteiger partial charge in [-0.2, -0.15) is 0 Å². The largest absolute Gasteiger partial charge is 0.384 e. The second kappa shape index (κ2) is 5.19. The Morgan fingerprint density at radius 1 is 1.44 bits per heavy atom. The van der Waals surface area contributed by atoms with Gasteiger partial charge in [-0.25, -0.2) is 4.98 Å². The first-order valence-electron chi connectivity index (χ1n) is 6.19. The highest BCUT2D eigenvalue weighted by atomic mass is 14.9. The lowest BCUT2D eigenvalue weighted by Gasteiger charge is -2.27. The van der Waals surface area contributed by atoms with Crippen LogP contribution in [0.4, 0.5) is 11.5 Å². The summed E-state index contributed by atoms with van der Waals surface area (Å²) in [6.45, 7) is 3.42. The summed E-state index contributed by atoms with van der Waals surface area (Å²) in [4.78, 5) is 4.07. The number of aromatic nitrogens is 1. The highest BCUT2D eigenvalue weighted by Gasteiger charge is 2.18. The minimum Gasteiger partial charge on any atom is -0.384 e. The average molecular weight is 219 g/mol. The van der Waals surface area contributed by atoms with Crippen molar-refractivity contribution in [1.82, 2.24) is 4.98 Å². The van der Waals surface area contributed by atoms with E-state index in [-0.39, 0.29) is 0 Å². The van der Waals surface area contributed by atoms with Gasteiger partial charge in [-0.05, 0) is 36.8 Å². The van der Waals surface area contributed by atoms with Gasteiger partial charge in [0.1, 0.15) is 5.82 Å². The molecule has 1 saturated carbocycles. The molecule has 1 aliphatic carbocycles. The first-order valence-corrected chi connectivity index (χ1v) is 6.19. The van der Waals surface area contributed by atoms with Crippen LogP contribution in [0.2, 0.25) is 0 Å². The average Bonchev–Trinajstić information content (AvgIpc) is 2.28. The minimum absolute atomic E-state index is 0.580. The molecule has 3 heteroatoms. The molecular formula is C13H21N3. The van der Waals surface area contributed by atoms with Crippen LogP contribution in [0.3, 0.4) is 0 Å². The molecular weight excluding hydrogens is 198 g/mol. The van der Waals surface area contributed by atoms with Gasteiger partial charge < -0.3 is 11.1 Å². The van der Waals surface area contributed by atoms with Crippen molar-refractivity contribution in [3.63, 3.8) is 0 Å². The number of pyridine rings is 1. The molecule has 2 rings (SSSR count). The van der Waals surface area contributed by atoms with Crippen LogP contribution >= 0.6 is 0 Å². The zero-order valence-corrected chi connectivity index (χ0v) is 9.95. The van der Waals surface area contributed by atoms with E-state index in [9.17, 15) is 0 Å². The molecule has 1 aliphatic rings. The van der Waals surface area contributed by atoms with Crippen LogP contribution in [0, 0.1) is 11.8 Å². The summed E-state index contributed by atoms with van der Waals surface area (Å²) in [7, 11) is 0. The van der Waals surface area contributed by atoms with Crippen molar-refractivity contribution in [1.29, 1.82) is 0 Å². The number of hydrogen-bond donors (Lipinski definition) is 2. The lowest BCUT2D eigenvalue weighted by Crippen LogP contribution is -2.21. The fourth-order valence-corrected chi connectivity index (χ4v) is 2.52. The molecule has 3 N–H and O–H groups in total. The third kappa shape index (κ3) is 3.12. The number of nitrogens with zero attached hydrogens (tertiary/aromatic N) is 1. The Hall–Kier alpha value is -1.25. The monoisotopic (exact) mass is 219 g/mol. The second-order valence-electron chi connectivity index (χ2n) is 4.99. The van der Waals surface area contributed by atoms with Gasteiger partial charge in [-0.1, -0.05) is 19.8 Å². The number of rotatable bonds is 3. The Labute approximate surface area is 97.5 Å². The van der Waals surface area contributed by atoms with Gasteiger partial charge in [0.25, 0.3) is 0 Å². The molecule has 0 saturated heterocycles. The van der Waals surface area contributed by atoms with Crippen LogP contribution in [0.5, 0.6) is 0 Å². The first kappa shape index (κ1) is 11.2. The summed E-state index contributed by atoms with van der Waals surface area (Å²) in [6, 6.07) is 3.83. The number of anilines is 2. The van der Waals surface area contributed by atoms with E-state index in [2.05, 4.69) is 17.2 Å². The van der Waals surface area contributed by atoms with E-state index >= 15 is 0 Å². The van der Waals surface area contributed by atoms with Crippen molar-refractivity contribution in [3.05, 3.63) is 18.3 Å². The van der Waals surface area contributed by atoms with Crippen molar-refractivity contribution < 1.29 is 0 Å². The van der Waals surface area contributed by atoms with E-state index in [0.717, 1.165) is 24.1 Å². The van der Waals surface area contributed by atoms with Crippen LogP contribution in [-0.2, 0) is 0 Å². The van der Waals surface area contributed by atoms with Gasteiger partial charge >= 0.3 is 0 Å². The van der Waals surface area contributed by atoms with Gasteiger partial charge in [0, 0.05) is 6.54 Å². The van der Waals surface area contributed by atoms with Crippen LogP contribution in [0.1, 0.15) is 32.6 Å². The van der Waals surface area contributed by atoms with Gasteiger partial charge in [0.15, 0.2) is 0 Å². The summed E-state index contributed by atoms with van der Waals surface area (Å²) in [5.41, 5.74) is 6.62. The third-order valence-corrected chi connectivity index (χ3v) is 3.43. The topological polar surface area (TPSA) is 50.9 Å². The number of nitrogens with two attached hydrogens (primary N) is 1. The summed E-state index contributed by atoms with van der Waals surface area (Å²) in [6.07, 6.45) is 7.31. The SMILES string of the molecule is CC1CCCC(CNc2ccc(N)nc2)C1. The maximum Gasteiger partial charge on any atom is 0.123 e. The van der Waals surface area contributed by atoms with E-state index in [0.29, 0.717) is 5.82 Å². The van der Waals surface area contributed by atoms with Gasteiger partial charge in [0.2, 0.25) is 0 Å². The van der Waals surface area contributed by atoms with Crippen LogP contribution in [-0.4, -0.2) is 11.5 Å². The van der Waals surface area contributed by atoms with Crippen molar-refractivity contribution in [3.8, 4) is 0 Å². The Balaban J connectivity index is 1.80. The van der Waals surface area contributed by atoms with Gasteiger partial charge in [-0.3, -0.25) is 0 Å². The summed E-state index contributed by atoms with van der Waals surface area (Å²) < 4.78 is 0. The first-order chi connectivity index (χ1) is 7.74. The molecule has 2 atom stereocenters. The highest BCUT2D eigenvalue weighted by molar-refractivity contribution is 5.45. The highest BCUT2D eigenvalue weighted by Crippen LogP contribution is 2.28. The zero-order chi connectivity index (χ0) is 11.4. The number of nitrogen functional groups attached to an aromatic ring is 1. The molecule has 0 spiro atoms. The van der Waals surface area contributed by atoms with E-state index in [1.807, 2.05) is 18.3 Å². The lowest BCUT2D eigenvalue weighted by molar-refractivity contribution is 0.293. The molecule has 1 fully saturated rings. The molecule has 2 unspecified atom stereocenters. The van der Waals surface area contributed by atoms with Crippen LogP contribution < -0.4 is 11.1 Å². The standard InChI is InChI=1S/C13H21N3/c1-10-3-2-4-11(7-10)8-15-12-5-6-13(14)16-9-12/h5-6,9-11,15H,2-4,7-8H2,1H3,(H2,14,16). The minimum atomic E-state index is 0.580. The van der Waals surface area contributed by atoms with E-state index in [4.69, 9.17) is 5.73 Å². The summed E-state index contributed by atoms with van der Waals surface area (Å²) in [5.74, 6) is 2.29. The summed E-state index contributed by atoms with van der Waals surface area (Å²) >= 11 is 0. The quantitative estimate of drug-likeness (QED) is 0.821. The molecule has 88 valence electrons. The molecule has 1 heterocycles. The molecule has 16 heavy (non-hydrogen) atoms. The molecule has 0 amide bonds. The van der Waals surface area contributed by atoms with Gasteiger partial charge in [-0.15, -0.1) is 0 Å². The van der Waals surface area contributed by atoms with Gasteiger partial charge in [0.05, 0.1) is 11.9 Å². The normalized spacial score (nSPS) is 25.3. The fraction of sp³-hybridized carbons (Fsp3) is 0.615. The number of nitrogens with one attached hydrogen (secondary N) is 1. The molecule has 0 aliphatic heterocycles. The Kier molecular flexibility index (Phi) is 3.65. The second-order valence-corrected chi connectivity index (χ2v) is 4.99. The van der Waals surface area contributed by atoms with Crippen molar-refractivity contribution in [2.24, 2.45) is 11.8 Å². The predicted octanol–water partition coefficient (Wildman–Crippen LogP) is 2.90. The predicted molar refractivity (Wildman–Crippen MR) is 68.3 cm³/mol. The molecule has 0 radical (unpaired) electrons. The van der Waals surface area contributed by atoms with Crippen LogP contribution in [0.25, 0.3) is 0 Å². The van der Waals surface area contributed by atoms with E-state index < -0.39 is 0 Å². The fourth-order valence-electron chi connectivity index (χ4n) is 2.52. The van der Waals surface area contributed by atoms with E-state index in [1.54, 1.807) is 0 Å². The zero-order valence-electron chi connectivity index (χ0n) is 9.95. The number of hydrogen-bond acceptors (Lipinski definition) is 3. The maximum atomic E-state index is 5.54.